The number of anilines is 2. The van der Waals surface area contributed by atoms with Gasteiger partial charge in [-0.1, -0.05) is 20.8 Å². The highest BCUT2D eigenvalue weighted by Crippen LogP contribution is 2.40. The summed E-state index contributed by atoms with van der Waals surface area (Å²) in [6.45, 7) is 10.8. The van der Waals surface area contributed by atoms with Crippen molar-refractivity contribution in [3.63, 3.8) is 0 Å². The van der Waals surface area contributed by atoms with Crippen LogP contribution in [-0.4, -0.2) is 51.9 Å². The molecule has 0 atom stereocenters. The zero-order valence-corrected chi connectivity index (χ0v) is 21.3. The Morgan fingerprint density at radius 3 is 2.63 bits per heavy atom. The van der Waals surface area contributed by atoms with Crippen molar-refractivity contribution < 1.29 is 18.3 Å². The molecule has 1 fully saturated rings. The van der Waals surface area contributed by atoms with Crippen LogP contribution in [0.2, 0.25) is 0 Å². The van der Waals surface area contributed by atoms with Crippen LogP contribution in [0.1, 0.15) is 87.1 Å². The molecular weight excluding hydrogens is 452 g/mol. The maximum absolute atomic E-state index is 13.7. The second kappa shape index (κ2) is 11.0. The Hall–Kier alpha value is -2.55. The number of carbonyl (C=O) groups excluding carboxylic acids is 1. The Kier molecular flexibility index (Phi) is 8.04. The van der Waals surface area contributed by atoms with Gasteiger partial charge in [0.1, 0.15) is 0 Å². The highest BCUT2D eigenvalue weighted by molar-refractivity contribution is 5.77. The number of pyridine rings is 1. The van der Waals surface area contributed by atoms with E-state index in [1.807, 2.05) is 25.7 Å². The van der Waals surface area contributed by atoms with Crippen LogP contribution in [0.4, 0.5) is 20.3 Å². The fourth-order valence-corrected chi connectivity index (χ4v) is 5.36. The number of hydrogen-bond donors (Lipinski definition) is 0. The molecule has 0 spiro atoms. The van der Waals surface area contributed by atoms with Crippen molar-refractivity contribution in [2.75, 3.05) is 31.2 Å². The fourth-order valence-electron chi connectivity index (χ4n) is 5.36. The molecule has 1 saturated heterocycles. The predicted octanol–water partition coefficient (Wildman–Crippen LogP) is 5.28. The molecule has 192 valence electrons. The number of ether oxygens (including phenoxy) is 1. The first-order valence-electron chi connectivity index (χ1n) is 13.0. The first-order chi connectivity index (χ1) is 17.0. The second-order valence-corrected chi connectivity index (χ2v) is 9.14. The Morgan fingerprint density at radius 2 is 1.94 bits per heavy atom. The number of nitrogens with zero attached hydrogens (tertiary/aromatic N) is 5. The van der Waals surface area contributed by atoms with Gasteiger partial charge in [-0.2, -0.15) is 5.10 Å². The summed E-state index contributed by atoms with van der Waals surface area (Å²) >= 11 is 0. The maximum Gasteiger partial charge on any atom is 0.265 e. The molecule has 3 aliphatic rings. The number of carbonyl (C=O) groups is 1. The van der Waals surface area contributed by atoms with E-state index < -0.39 is 6.43 Å². The summed E-state index contributed by atoms with van der Waals surface area (Å²) in [5.41, 5.74) is 4.14. The van der Waals surface area contributed by atoms with Crippen LogP contribution in [0, 0.1) is 6.92 Å². The van der Waals surface area contributed by atoms with Gasteiger partial charge in [-0.15, -0.1) is 0 Å². The van der Waals surface area contributed by atoms with Crippen LogP contribution in [0.15, 0.2) is 6.07 Å². The Bertz CT molecular complexity index is 1050. The van der Waals surface area contributed by atoms with Gasteiger partial charge in [-0.3, -0.25) is 14.5 Å². The molecule has 9 heteroatoms. The molecule has 0 unspecified atom stereocenters. The number of rotatable bonds is 4. The van der Waals surface area contributed by atoms with Gasteiger partial charge < -0.3 is 14.5 Å². The van der Waals surface area contributed by atoms with Crippen molar-refractivity contribution in [3.05, 3.63) is 34.3 Å². The molecule has 3 aliphatic heterocycles. The highest BCUT2D eigenvalue weighted by atomic mass is 19.3. The summed E-state index contributed by atoms with van der Waals surface area (Å²) in [4.78, 5) is 21.0. The summed E-state index contributed by atoms with van der Waals surface area (Å²) < 4.78 is 35.1. The lowest BCUT2D eigenvalue weighted by molar-refractivity contribution is -0.131. The molecule has 2 aromatic rings. The van der Waals surface area contributed by atoms with Crippen LogP contribution in [0.5, 0.6) is 0 Å². The minimum atomic E-state index is -2.57. The lowest BCUT2D eigenvalue weighted by atomic mass is 10.0. The molecule has 0 radical (unpaired) electrons. The van der Waals surface area contributed by atoms with Crippen LogP contribution in [0.25, 0.3) is 0 Å². The van der Waals surface area contributed by atoms with Crippen molar-refractivity contribution in [1.82, 2.24) is 19.7 Å². The van der Waals surface area contributed by atoms with Crippen molar-refractivity contribution in [2.45, 2.75) is 85.2 Å². The van der Waals surface area contributed by atoms with E-state index in [0.717, 1.165) is 54.9 Å². The van der Waals surface area contributed by atoms with Gasteiger partial charge >= 0.3 is 0 Å². The third-order valence-corrected chi connectivity index (χ3v) is 7.14. The summed E-state index contributed by atoms with van der Waals surface area (Å²) in [6.07, 6.45) is 2.09. The third kappa shape index (κ3) is 4.92. The fraction of sp³-hybridized carbons (Fsp3) is 0.654. The Balaban J connectivity index is 0.00000141. The molecule has 2 aromatic heterocycles. The van der Waals surface area contributed by atoms with Gasteiger partial charge in [0.05, 0.1) is 24.0 Å². The SMILES string of the molecule is CC.CCC(=O)N1CCc2c(c(N3CCCc4nc(C)c(C(F)F)cc43)nn2C2CCOCC2)C1. The quantitative estimate of drug-likeness (QED) is 0.585. The lowest BCUT2D eigenvalue weighted by Crippen LogP contribution is -2.37. The van der Waals surface area contributed by atoms with E-state index in [1.54, 1.807) is 13.0 Å². The lowest BCUT2D eigenvalue weighted by Gasteiger charge is -2.33. The third-order valence-electron chi connectivity index (χ3n) is 7.14. The van der Waals surface area contributed by atoms with Gasteiger partial charge in [-0.05, 0) is 38.7 Å². The summed E-state index contributed by atoms with van der Waals surface area (Å²) in [7, 11) is 0. The van der Waals surface area contributed by atoms with E-state index in [9.17, 15) is 13.6 Å². The van der Waals surface area contributed by atoms with Crippen molar-refractivity contribution in [3.8, 4) is 0 Å². The molecule has 5 rings (SSSR count). The first-order valence-corrected chi connectivity index (χ1v) is 13.0. The largest absolute Gasteiger partial charge is 0.381 e. The van der Waals surface area contributed by atoms with E-state index >= 15 is 0 Å². The standard InChI is InChI=1S/C24H31F2N5O2.C2H6/c1-3-22(32)29-10-6-20-18(14-29)24(28-31(20)16-7-11-33-12-8-16)30-9-4-5-19-21(30)13-17(23(25)26)15(2)27-19;1-2/h13,16,23H,3-12,14H2,1-2H3;1-2H3. The normalized spacial score (nSPS) is 18.1. The van der Waals surface area contributed by atoms with Gasteiger partial charge in [0, 0.05) is 61.7 Å². The number of halogens is 2. The molecule has 0 N–H and O–H groups in total. The minimum absolute atomic E-state index is 0.0267. The van der Waals surface area contributed by atoms with Crippen molar-refractivity contribution in [2.24, 2.45) is 0 Å². The minimum Gasteiger partial charge on any atom is -0.381 e. The average molecular weight is 490 g/mol. The van der Waals surface area contributed by atoms with E-state index in [2.05, 4.69) is 14.6 Å². The monoisotopic (exact) mass is 489 g/mol. The van der Waals surface area contributed by atoms with Crippen LogP contribution >= 0.6 is 0 Å². The summed E-state index contributed by atoms with van der Waals surface area (Å²) in [6, 6.07) is 1.85. The number of amides is 1. The molecule has 0 bridgehead atoms. The van der Waals surface area contributed by atoms with Gasteiger partial charge in [-0.25, -0.2) is 8.78 Å². The molecule has 1 amide bonds. The van der Waals surface area contributed by atoms with Crippen molar-refractivity contribution >= 4 is 17.4 Å². The van der Waals surface area contributed by atoms with Crippen LogP contribution < -0.4 is 4.90 Å². The summed E-state index contributed by atoms with van der Waals surface area (Å²) in [5.74, 6) is 0.915. The molecule has 0 saturated carbocycles. The number of hydrogen-bond acceptors (Lipinski definition) is 5. The maximum atomic E-state index is 13.7. The molecule has 5 heterocycles. The summed E-state index contributed by atoms with van der Waals surface area (Å²) in [5, 5.41) is 5.09. The number of alkyl halides is 2. The van der Waals surface area contributed by atoms with Gasteiger partial charge in [0.2, 0.25) is 5.91 Å². The van der Waals surface area contributed by atoms with E-state index in [4.69, 9.17) is 9.84 Å². The van der Waals surface area contributed by atoms with E-state index in [-0.39, 0.29) is 17.5 Å². The number of fused-ring (bicyclic) bond motifs is 2. The smallest absolute Gasteiger partial charge is 0.265 e. The molecule has 0 aliphatic carbocycles. The van der Waals surface area contributed by atoms with Gasteiger partial charge in [0.25, 0.3) is 6.43 Å². The average Bonchev–Trinajstić information content (AvgIpc) is 3.27. The highest BCUT2D eigenvalue weighted by Gasteiger charge is 2.34. The predicted molar refractivity (Wildman–Crippen MR) is 131 cm³/mol. The van der Waals surface area contributed by atoms with E-state index in [1.165, 1.54) is 5.69 Å². The Morgan fingerprint density at radius 1 is 1.20 bits per heavy atom. The zero-order chi connectivity index (χ0) is 25.1. The van der Waals surface area contributed by atoms with Crippen LogP contribution in [-0.2, 0) is 28.9 Å². The number of aryl methyl sites for hydroxylation is 2. The zero-order valence-electron chi connectivity index (χ0n) is 21.3. The molecule has 35 heavy (non-hydrogen) atoms. The van der Waals surface area contributed by atoms with E-state index in [0.29, 0.717) is 45.0 Å². The first kappa shape index (κ1) is 25.5. The van der Waals surface area contributed by atoms with Crippen LogP contribution in [0.3, 0.4) is 0 Å². The molecule has 0 aromatic carbocycles. The van der Waals surface area contributed by atoms with Crippen molar-refractivity contribution in [1.29, 1.82) is 0 Å². The molecular formula is C26H37F2N5O2. The number of aromatic nitrogens is 3. The van der Waals surface area contributed by atoms with Gasteiger partial charge in [0.15, 0.2) is 5.82 Å². The topological polar surface area (TPSA) is 63.5 Å². The second-order valence-electron chi connectivity index (χ2n) is 9.14. The Labute approximate surface area is 206 Å². The molecule has 7 nitrogen and oxygen atoms in total.